The zero-order valence-electron chi connectivity index (χ0n) is 9.66. The largest absolute Gasteiger partial charge is 0.396 e. The number of hydrogen-bond donors (Lipinski definition) is 2. The Kier molecular flexibility index (Phi) is 3.76. The summed E-state index contributed by atoms with van der Waals surface area (Å²) in [6.07, 6.45) is 0. The summed E-state index contributed by atoms with van der Waals surface area (Å²) in [6, 6.07) is 9.12. The van der Waals surface area contributed by atoms with E-state index >= 15 is 0 Å². The van der Waals surface area contributed by atoms with Gasteiger partial charge in [0.05, 0.1) is 5.69 Å². The van der Waals surface area contributed by atoms with Crippen LogP contribution < -0.4 is 11.1 Å². The molecule has 2 rings (SSSR count). The molecule has 1 aromatic heterocycles. The highest BCUT2D eigenvalue weighted by Crippen LogP contribution is 2.15. The number of benzene rings is 1. The lowest BCUT2D eigenvalue weighted by Gasteiger charge is -2.04. The first-order valence-corrected chi connectivity index (χ1v) is 6.27. The number of hydrogen-bond acceptors (Lipinski definition) is 3. The van der Waals surface area contributed by atoms with E-state index < -0.39 is 0 Å². The van der Waals surface area contributed by atoms with Gasteiger partial charge in [-0.25, -0.2) is 4.39 Å². The predicted molar refractivity (Wildman–Crippen MR) is 70.4 cm³/mol. The lowest BCUT2D eigenvalue weighted by atomic mass is 10.2. The molecule has 0 saturated heterocycles. The normalized spacial score (nSPS) is 10.7. The maximum absolute atomic E-state index is 13.2. The summed E-state index contributed by atoms with van der Waals surface area (Å²) in [5.74, 6) is -0.351. The first kappa shape index (κ1) is 12.1. The highest BCUT2D eigenvalue weighted by atomic mass is 32.1. The molecule has 4 heteroatoms. The minimum Gasteiger partial charge on any atom is -0.396 e. The lowest BCUT2D eigenvalue weighted by molar-refractivity contribution is 0.625. The van der Waals surface area contributed by atoms with Gasteiger partial charge in [0.2, 0.25) is 0 Å². The third-order valence-corrected chi connectivity index (χ3v) is 3.49. The molecule has 17 heavy (non-hydrogen) atoms. The summed E-state index contributed by atoms with van der Waals surface area (Å²) in [4.78, 5) is 2.60. The molecule has 0 saturated carbocycles. The van der Waals surface area contributed by atoms with Crippen molar-refractivity contribution in [2.75, 3.05) is 5.73 Å². The topological polar surface area (TPSA) is 38.0 Å². The molecule has 0 spiro atoms. The molecule has 0 aliphatic rings. The molecule has 0 unspecified atom stereocenters. The molecular weight excluding hydrogens is 235 g/mol. The molecule has 0 atom stereocenters. The van der Waals surface area contributed by atoms with Crippen molar-refractivity contribution in [1.29, 1.82) is 0 Å². The van der Waals surface area contributed by atoms with Crippen LogP contribution >= 0.6 is 11.3 Å². The molecule has 0 bridgehead atoms. The summed E-state index contributed by atoms with van der Waals surface area (Å²) >= 11 is 1.77. The summed E-state index contributed by atoms with van der Waals surface area (Å²) in [6.45, 7) is 3.54. The van der Waals surface area contributed by atoms with Crippen LogP contribution in [0.25, 0.3) is 0 Å². The first-order chi connectivity index (χ1) is 8.15. The van der Waals surface area contributed by atoms with Gasteiger partial charge >= 0.3 is 0 Å². The Balaban J connectivity index is 1.87. The van der Waals surface area contributed by atoms with Gasteiger partial charge in [0.1, 0.15) is 5.82 Å². The first-order valence-electron chi connectivity index (χ1n) is 5.45. The SMILES string of the molecule is Cc1ccc(CNCc2ccc(N)c(F)c2)s1. The van der Waals surface area contributed by atoms with Gasteiger partial charge in [-0.1, -0.05) is 6.07 Å². The van der Waals surface area contributed by atoms with E-state index in [9.17, 15) is 4.39 Å². The Labute approximate surface area is 104 Å². The Bertz CT molecular complexity index is 508. The Hall–Kier alpha value is -1.39. The van der Waals surface area contributed by atoms with Crippen molar-refractivity contribution in [1.82, 2.24) is 5.32 Å². The fraction of sp³-hybridized carbons (Fsp3) is 0.231. The number of anilines is 1. The van der Waals surface area contributed by atoms with Crippen LogP contribution in [0.15, 0.2) is 30.3 Å². The van der Waals surface area contributed by atoms with Crippen molar-refractivity contribution >= 4 is 17.0 Å². The molecular formula is C13H15FN2S. The maximum atomic E-state index is 13.2. The minimum atomic E-state index is -0.351. The molecule has 0 aliphatic carbocycles. The third kappa shape index (κ3) is 3.28. The average Bonchev–Trinajstić information content (AvgIpc) is 2.70. The maximum Gasteiger partial charge on any atom is 0.146 e. The number of thiophene rings is 1. The highest BCUT2D eigenvalue weighted by Gasteiger charge is 2.00. The molecule has 90 valence electrons. The van der Waals surface area contributed by atoms with Crippen LogP contribution in [0, 0.1) is 12.7 Å². The van der Waals surface area contributed by atoms with Crippen molar-refractivity contribution in [3.63, 3.8) is 0 Å². The van der Waals surface area contributed by atoms with Gasteiger partial charge in [0.15, 0.2) is 0 Å². The van der Waals surface area contributed by atoms with Gasteiger partial charge < -0.3 is 11.1 Å². The fourth-order valence-corrected chi connectivity index (χ4v) is 2.45. The van der Waals surface area contributed by atoms with Gasteiger partial charge in [0.25, 0.3) is 0 Å². The summed E-state index contributed by atoms with van der Waals surface area (Å²) in [7, 11) is 0. The van der Waals surface area contributed by atoms with E-state index in [0.717, 1.165) is 12.1 Å². The molecule has 0 aliphatic heterocycles. The van der Waals surface area contributed by atoms with Crippen LogP contribution in [-0.4, -0.2) is 0 Å². The second-order valence-electron chi connectivity index (χ2n) is 3.97. The number of aryl methyl sites for hydroxylation is 1. The Morgan fingerprint density at radius 1 is 1.24 bits per heavy atom. The van der Waals surface area contributed by atoms with Crippen molar-refractivity contribution in [2.45, 2.75) is 20.0 Å². The molecule has 2 nitrogen and oxygen atoms in total. The van der Waals surface area contributed by atoms with Crippen molar-refractivity contribution in [3.8, 4) is 0 Å². The summed E-state index contributed by atoms with van der Waals surface area (Å²) < 4.78 is 13.2. The van der Waals surface area contributed by atoms with E-state index in [2.05, 4.69) is 24.4 Å². The van der Waals surface area contributed by atoms with Crippen LogP contribution in [-0.2, 0) is 13.1 Å². The zero-order chi connectivity index (χ0) is 12.3. The van der Waals surface area contributed by atoms with Gasteiger partial charge in [-0.05, 0) is 36.8 Å². The van der Waals surface area contributed by atoms with E-state index in [1.165, 1.54) is 15.8 Å². The monoisotopic (exact) mass is 250 g/mol. The molecule has 2 aromatic rings. The van der Waals surface area contributed by atoms with E-state index in [0.29, 0.717) is 6.54 Å². The van der Waals surface area contributed by atoms with Crippen LogP contribution in [0.2, 0.25) is 0 Å². The highest BCUT2D eigenvalue weighted by molar-refractivity contribution is 7.11. The van der Waals surface area contributed by atoms with Crippen molar-refractivity contribution < 1.29 is 4.39 Å². The average molecular weight is 250 g/mol. The van der Waals surface area contributed by atoms with Gasteiger partial charge in [-0.2, -0.15) is 0 Å². The predicted octanol–water partition coefficient (Wildman–Crippen LogP) is 3.07. The van der Waals surface area contributed by atoms with Crippen molar-refractivity contribution in [2.24, 2.45) is 0 Å². The van der Waals surface area contributed by atoms with Gasteiger partial charge in [0, 0.05) is 22.8 Å². The van der Waals surface area contributed by atoms with Crippen LogP contribution in [0.3, 0.4) is 0 Å². The minimum absolute atomic E-state index is 0.197. The molecule has 3 N–H and O–H groups in total. The number of nitrogens with one attached hydrogen (secondary N) is 1. The summed E-state index contributed by atoms with van der Waals surface area (Å²) in [5.41, 5.74) is 6.52. The van der Waals surface area contributed by atoms with Crippen LogP contribution in [0.1, 0.15) is 15.3 Å². The molecule has 0 amide bonds. The second-order valence-corrected chi connectivity index (χ2v) is 5.34. The van der Waals surface area contributed by atoms with Crippen LogP contribution in [0.4, 0.5) is 10.1 Å². The van der Waals surface area contributed by atoms with E-state index in [1.807, 2.05) is 6.07 Å². The van der Waals surface area contributed by atoms with E-state index in [1.54, 1.807) is 17.4 Å². The van der Waals surface area contributed by atoms with Crippen molar-refractivity contribution in [3.05, 3.63) is 51.5 Å². The third-order valence-electron chi connectivity index (χ3n) is 2.49. The molecule has 1 aromatic carbocycles. The molecule has 1 heterocycles. The summed E-state index contributed by atoms with van der Waals surface area (Å²) in [5, 5.41) is 3.28. The lowest BCUT2D eigenvalue weighted by Crippen LogP contribution is -2.12. The standard InChI is InChI=1S/C13H15FN2S/c1-9-2-4-11(17-9)8-16-7-10-3-5-13(15)12(14)6-10/h2-6,16H,7-8,15H2,1H3. The quantitative estimate of drug-likeness (QED) is 0.818. The molecule has 0 radical (unpaired) electrons. The van der Waals surface area contributed by atoms with E-state index in [-0.39, 0.29) is 11.5 Å². The van der Waals surface area contributed by atoms with E-state index in [4.69, 9.17) is 5.73 Å². The number of halogens is 1. The number of nitrogen functional groups attached to an aromatic ring is 1. The van der Waals surface area contributed by atoms with Gasteiger partial charge in [-0.3, -0.25) is 0 Å². The molecule has 0 fully saturated rings. The fourth-order valence-electron chi connectivity index (χ4n) is 1.59. The number of rotatable bonds is 4. The number of nitrogens with two attached hydrogens (primary N) is 1. The van der Waals surface area contributed by atoms with Gasteiger partial charge in [-0.15, -0.1) is 11.3 Å². The van der Waals surface area contributed by atoms with Crippen LogP contribution in [0.5, 0.6) is 0 Å². The smallest absolute Gasteiger partial charge is 0.146 e. The Morgan fingerprint density at radius 3 is 2.71 bits per heavy atom. The second kappa shape index (κ2) is 5.29. The Morgan fingerprint density at radius 2 is 2.06 bits per heavy atom. The zero-order valence-corrected chi connectivity index (χ0v) is 10.5.